The minimum atomic E-state index is -0.904. The SMILES string of the molecule is COc1ccc(C(C)=NNC(=O)[C@H]2C(=O)NC[C@H]2c2ccccc2)cc1[N+](=O)[O-]. The van der Waals surface area contributed by atoms with Crippen LogP contribution in [-0.4, -0.2) is 36.1 Å². The van der Waals surface area contributed by atoms with Crippen molar-refractivity contribution in [1.29, 1.82) is 0 Å². The summed E-state index contributed by atoms with van der Waals surface area (Å²) in [6.45, 7) is 1.98. The number of hydrazone groups is 1. The van der Waals surface area contributed by atoms with Gasteiger partial charge in [-0.2, -0.15) is 5.10 Å². The highest BCUT2D eigenvalue weighted by molar-refractivity contribution is 6.04. The van der Waals surface area contributed by atoms with E-state index in [2.05, 4.69) is 15.8 Å². The molecule has 2 N–H and O–H groups in total. The van der Waals surface area contributed by atoms with Gasteiger partial charge in [0.25, 0.3) is 5.91 Å². The molecule has 2 aromatic carbocycles. The van der Waals surface area contributed by atoms with E-state index in [4.69, 9.17) is 4.74 Å². The van der Waals surface area contributed by atoms with Crippen molar-refractivity contribution in [3.05, 3.63) is 69.8 Å². The molecule has 9 heteroatoms. The van der Waals surface area contributed by atoms with Crippen molar-refractivity contribution in [2.75, 3.05) is 13.7 Å². The molecule has 0 saturated carbocycles. The zero-order valence-corrected chi connectivity index (χ0v) is 15.9. The van der Waals surface area contributed by atoms with Crippen LogP contribution in [0.3, 0.4) is 0 Å². The van der Waals surface area contributed by atoms with E-state index in [0.29, 0.717) is 17.8 Å². The Morgan fingerprint density at radius 2 is 2.00 bits per heavy atom. The van der Waals surface area contributed by atoms with Crippen molar-refractivity contribution in [3.63, 3.8) is 0 Å². The van der Waals surface area contributed by atoms with Gasteiger partial charge in [-0.3, -0.25) is 19.7 Å². The third-order valence-electron chi connectivity index (χ3n) is 4.82. The molecular formula is C20H20N4O5. The van der Waals surface area contributed by atoms with Crippen LogP contribution in [0.4, 0.5) is 5.69 Å². The number of amides is 2. The highest BCUT2D eigenvalue weighted by atomic mass is 16.6. The van der Waals surface area contributed by atoms with Crippen LogP contribution in [0.1, 0.15) is 24.0 Å². The quantitative estimate of drug-likeness (QED) is 0.334. The highest BCUT2D eigenvalue weighted by Gasteiger charge is 2.41. The monoisotopic (exact) mass is 396 g/mol. The van der Waals surface area contributed by atoms with E-state index in [9.17, 15) is 19.7 Å². The third kappa shape index (κ3) is 4.23. The van der Waals surface area contributed by atoms with Gasteiger partial charge in [0.2, 0.25) is 5.91 Å². The topological polar surface area (TPSA) is 123 Å². The minimum Gasteiger partial charge on any atom is -0.490 e. The minimum absolute atomic E-state index is 0.129. The van der Waals surface area contributed by atoms with Crippen molar-refractivity contribution in [2.45, 2.75) is 12.8 Å². The molecule has 1 aliphatic rings. The number of hydrogen-bond acceptors (Lipinski definition) is 6. The fourth-order valence-electron chi connectivity index (χ4n) is 3.26. The maximum atomic E-state index is 12.6. The molecule has 0 radical (unpaired) electrons. The lowest BCUT2D eigenvalue weighted by Gasteiger charge is -2.15. The van der Waals surface area contributed by atoms with Gasteiger partial charge in [0, 0.05) is 24.1 Å². The van der Waals surface area contributed by atoms with Crippen LogP contribution in [0.2, 0.25) is 0 Å². The standard InChI is InChI=1S/C20H20N4O5/c1-12(14-8-9-17(29-2)16(10-14)24(27)28)22-23-20(26)18-15(11-21-19(18)25)13-6-4-3-5-7-13/h3-10,15,18H,11H2,1-2H3,(H,21,25)(H,23,26)/t15-,18+/m0/s1. The Bertz CT molecular complexity index is 974. The average Bonchev–Trinajstić information content (AvgIpc) is 3.13. The highest BCUT2D eigenvalue weighted by Crippen LogP contribution is 2.29. The van der Waals surface area contributed by atoms with E-state index in [1.165, 1.54) is 19.2 Å². The number of ether oxygens (including phenoxy) is 1. The van der Waals surface area contributed by atoms with Crippen molar-refractivity contribution in [2.24, 2.45) is 11.0 Å². The molecule has 2 atom stereocenters. The first kappa shape index (κ1) is 20.0. The van der Waals surface area contributed by atoms with Crippen molar-refractivity contribution >= 4 is 23.2 Å². The molecule has 1 aliphatic heterocycles. The van der Waals surface area contributed by atoms with Gasteiger partial charge in [-0.05, 0) is 24.6 Å². The van der Waals surface area contributed by atoms with Crippen molar-refractivity contribution < 1.29 is 19.2 Å². The van der Waals surface area contributed by atoms with Gasteiger partial charge >= 0.3 is 5.69 Å². The summed E-state index contributed by atoms with van der Waals surface area (Å²) in [4.78, 5) is 35.5. The van der Waals surface area contributed by atoms with E-state index >= 15 is 0 Å². The van der Waals surface area contributed by atoms with E-state index < -0.39 is 16.7 Å². The molecule has 0 unspecified atom stereocenters. The Balaban J connectivity index is 1.78. The predicted molar refractivity (Wildman–Crippen MR) is 106 cm³/mol. The van der Waals surface area contributed by atoms with Gasteiger partial charge in [-0.15, -0.1) is 0 Å². The van der Waals surface area contributed by atoms with E-state index in [1.807, 2.05) is 30.3 Å². The van der Waals surface area contributed by atoms with Crippen molar-refractivity contribution in [3.8, 4) is 5.75 Å². The van der Waals surface area contributed by atoms with Crippen LogP contribution in [0, 0.1) is 16.0 Å². The maximum absolute atomic E-state index is 12.6. The summed E-state index contributed by atoms with van der Waals surface area (Å²) in [5.74, 6) is -1.95. The number of hydrogen-bond donors (Lipinski definition) is 2. The Morgan fingerprint density at radius 1 is 1.28 bits per heavy atom. The smallest absolute Gasteiger partial charge is 0.311 e. The number of carbonyl (C=O) groups is 2. The fraction of sp³-hybridized carbons (Fsp3) is 0.250. The molecule has 150 valence electrons. The number of nitro benzene ring substituents is 1. The van der Waals surface area contributed by atoms with Gasteiger partial charge < -0.3 is 10.1 Å². The molecule has 29 heavy (non-hydrogen) atoms. The maximum Gasteiger partial charge on any atom is 0.311 e. The number of nitro groups is 1. The van der Waals surface area contributed by atoms with Gasteiger partial charge in [0.15, 0.2) is 5.75 Å². The second kappa shape index (κ2) is 8.51. The zero-order valence-electron chi connectivity index (χ0n) is 15.9. The summed E-state index contributed by atoms with van der Waals surface area (Å²) in [6, 6.07) is 13.7. The molecule has 1 saturated heterocycles. The van der Waals surface area contributed by atoms with E-state index in [1.54, 1.807) is 13.0 Å². The van der Waals surface area contributed by atoms with Crippen LogP contribution >= 0.6 is 0 Å². The molecule has 2 amide bonds. The Morgan fingerprint density at radius 3 is 2.66 bits per heavy atom. The first-order valence-electron chi connectivity index (χ1n) is 8.92. The van der Waals surface area contributed by atoms with Gasteiger partial charge in [-0.1, -0.05) is 30.3 Å². The van der Waals surface area contributed by atoms with E-state index in [0.717, 1.165) is 5.56 Å². The van der Waals surface area contributed by atoms with Crippen LogP contribution in [0.25, 0.3) is 0 Å². The summed E-state index contributed by atoms with van der Waals surface area (Å²) >= 11 is 0. The lowest BCUT2D eigenvalue weighted by atomic mass is 9.88. The largest absolute Gasteiger partial charge is 0.490 e. The lowest BCUT2D eigenvalue weighted by Crippen LogP contribution is -2.35. The summed E-state index contributed by atoms with van der Waals surface area (Å²) in [7, 11) is 1.35. The molecule has 1 heterocycles. The first-order chi connectivity index (χ1) is 13.9. The average molecular weight is 396 g/mol. The summed E-state index contributed by atoms with van der Waals surface area (Å²) in [5, 5.41) is 17.9. The molecule has 0 aliphatic carbocycles. The Hall–Kier alpha value is -3.75. The van der Waals surface area contributed by atoms with Gasteiger partial charge in [0.1, 0.15) is 5.92 Å². The Labute approximate surface area is 166 Å². The van der Waals surface area contributed by atoms with Crippen LogP contribution in [0.15, 0.2) is 53.6 Å². The molecule has 0 bridgehead atoms. The second-order valence-corrected chi connectivity index (χ2v) is 6.56. The van der Waals surface area contributed by atoms with Crippen LogP contribution in [-0.2, 0) is 9.59 Å². The lowest BCUT2D eigenvalue weighted by molar-refractivity contribution is -0.385. The van der Waals surface area contributed by atoms with Gasteiger partial charge in [-0.25, -0.2) is 5.43 Å². The predicted octanol–water partition coefficient (Wildman–Crippen LogP) is 1.97. The molecule has 0 spiro atoms. The molecule has 1 fully saturated rings. The normalized spacial score (nSPS) is 18.8. The number of rotatable bonds is 6. The Kier molecular flexibility index (Phi) is 5.87. The summed E-state index contributed by atoms with van der Waals surface area (Å²) in [5.41, 5.74) is 3.91. The molecule has 9 nitrogen and oxygen atoms in total. The number of benzene rings is 2. The van der Waals surface area contributed by atoms with E-state index in [-0.39, 0.29) is 23.3 Å². The summed E-state index contributed by atoms with van der Waals surface area (Å²) in [6.07, 6.45) is 0. The molecular weight excluding hydrogens is 376 g/mol. The number of carbonyl (C=O) groups excluding carboxylic acids is 2. The first-order valence-corrected chi connectivity index (χ1v) is 8.92. The van der Waals surface area contributed by atoms with Crippen molar-refractivity contribution in [1.82, 2.24) is 10.7 Å². The van der Waals surface area contributed by atoms with Crippen LogP contribution < -0.4 is 15.5 Å². The van der Waals surface area contributed by atoms with Gasteiger partial charge in [0.05, 0.1) is 17.7 Å². The molecule has 0 aromatic heterocycles. The number of nitrogens with zero attached hydrogens (tertiary/aromatic N) is 2. The molecule has 2 aromatic rings. The molecule has 3 rings (SSSR count). The number of methoxy groups -OCH3 is 1. The third-order valence-corrected chi connectivity index (χ3v) is 4.82. The number of nitrogens with one attached hydrogen (secondary N) is 2. The van der Waals surface area contributed by atoms with Crippen LogP contribution in [0.5, 0.6) is 5.75 Å². The zero-order chi connectivity index (χ0) is 21.0. The fourth-order valence-corrected chi connectivity index (χ4v) is 3.26. The second-order valence-electron chi connectivity index (χ2n) is 6.56. The summed E-state index contributed by atoms with van der Waals surface area (Å²) < 4.78 is 4.98.